The van der Waals surface area contributed by atoms with Gasteiger partial charge in [0.2, 0.25) is 0 Å². The van der Waals surface area contributed by atoms with E-state index in [0.717, 1.165) is 5.56 Å². The summed E-state index contributed by atoms with van der Waals surface area (Å²) in [5.41, 5.74) is 0.996. The van der Waals surface area contributed by atoms with Gasteiger partial charge in [0.05, 0.1) is 0 Å². The Hall–Kier alpha value is 0.460. The van der Waals surface area contributed by atoms with E-state index in [-0.39, 0.29) is 7.89 Å². The summed E-state index contributed by atoms with van der Waals surface area (Å²) in [5, 5.41) is 8.98. The molecule has 0 bridgehead atoms. The number of benzene rings is 1. The summed E-state index contributed by atoms with van der Waals surface area (Å²) in [4.78, 5) is 0. The second kappa shape index (κ2) is 3.46. The number of phenols is 1. The SMILES string of the molecule is Oc1ccc(C(Br)(Br)Br)cc1. The minimum absolute atomic E-state index is 0.269. The van der Waals surface area contributed by atoms with Crippen molar-refractivity contribution in [1.82, 2.24) is 0 Å². The van der Waals surface area contributed by atoms with Gasteiger partial charge in [-0.3, -0.25) is 0 Å². The van der Waals surface area contributed by atoms with Crippen LogP contribution < -0.4 is 0 Å². The Morgan fingerprint density at radius 3 is 1.82 bits per heavy atom. The van der Waals surface area contributed by atoms with E-state index in [1.165, 1.54) is 0 Å². The number of aromatic hydroxyl groups is 1. The lowest BCUT2D eigenvalue weighted by atomic mass is 10.2. The summed E-state index contributed by atoms with van der Waals surface area (Å²) < 4.78 is -0.388. The van der Waals surface area contributed by atoms with Crippen LogP contribution in [0.2, 0.25) is 0 Å². The molecule has 0 radical (unpaired) electrons. The maximum absolute atomic E-state index is 8.98. The highest BCUT2D eigenvalue weighted by molar-refractivity contribution is 9.38. The van der Waals surface area contributed by atoms with Crippen LogP contribution in [0.4, 0.5) is 0 Å². The molecule has 1 aromatic rings. The van der Waals surface area contributed by atoms with Crippen LogP contribution >= 0.6 is 47.8 Å². The lowest BCUT2D eigenvalue weighted by molar-refractivity contribution is 0.475. The minimum Gasteiger partial charge on any atom is -0.508 e. The summed E-state index contributed by atoms with van der Waals surface area (Å²) in [6.07, 6.45) is 0. The first-order valence-corrected chi connectivity index (χ1v) is 5.24. The van der Waals surface area contributed by atoms with Gasteiger partial charge in [0.15, 0.2) is 2.14 Å². The Kier molecular flexibility index (Phi) is 3.00. The molecule has 60 valence electrons. The van der Waals surface area contributed by atoms with Crippen molar-refractivity contribution in [3.63, 3.8) is 0 Å². The monoisotopic (exact) mass is 342 g/mol. The molecular formula is C7H5Br3O. The van der Waals surface area contributed by atoms with Gasteiger partial charge in [-0.2, -0.15) is 0 Å². The molecule has 1 rings (SSSR count). The fourth-order valence-corrected chi connectivity index (χ4v) is 1.44. The third-order valence-electron chi connectivity index (χ3n) is 1.19. The number of phenolic OH excluding ortho intramolecular Hbond substituents is 1. The molecule has 0 fully saturated rings. The topological polar surface area (TPSA) is 20.2 Å². The van der Waals surface area contributed by atoms with Gasteiger partial charge in [0.1, 0.15) is 5.75 Å². The highest BCUT2D eigenvalue weighted by atomic mass is 80.0. The molecule has 1 aromatic carbocycles. The standard InChI is InChI=1S/C7H5Br3O/c8-7(9,10)5-1-3-6(11)4-2-5/h1-4,11H. The lowest BCUT2D eigenvalue weighted by Crippen LogP contribution is -1.95. The molecule has 0 atom stereocenters. The van der Waals surface area contributed by atoms with Crippen LogP contribution in [0.25, 0.3) is 0 Å². The molecule has 0 saturated heterocycles. The van der Waals surface area contributed by atoms with Crippen molar-refractivity contribution in [2.24, 2.45) is 0 Å². The molecule has 0 aliphatic heterocycles. The van der Waals surface area contributed by atoms with Crippen LogP contribution in [-0.2, 0) is 2.14 Å². The summed E-state index contributed by atoms with van der Waals surface area (Å²) in [6.45, 7) is 0. The summed E-state index contributed by atoms with van der Waals surface area (Å²) in [7, 11) is 0. The number of hydrogen-bond donors (Lipinski definition) is 1. The number of alkyl halides is 3. The Bertz CT molecular complexity index is 237. The molecule has 1 nitrogen and oxygen atoms in total. The van der Waals surface area contributed by atoms with Crippen LogP contribution in [-0.4, -0.2) is 5.11 Å². The van der Waals surface area contributed by atoms with Gasteiger partial charge in [0, 0.05) is 0 Å². The van der Waals surface area contributed by atoms with Gasteiger partial charge in [0.25, 0.3) is 0 Å². The molecule has 0 heterocycles. The molecule has 1 N–H and O–H groups in total. The van der Waals surface area contributed by atoms with E-state index in [2.05, 4.69) is 47.8 Å². The van der Waals surface area contributed by atoms with Gasteiger partial charge >= 0.3 is 0 Å². The predicted molar refractivity (Wildman–Crippen MR) is 56.6 cm³/mol. The molecule has 11 heavy (non-hydrogen) atoms. The largest absolute Gasteiger partial charge is 0.508 e. The third-order valence-corrected chi connectivity index (χ3v) is 2.57. The number of halogens is 3. The molecule has 0 saturated carbocycles. The van der Waals surface area contributed by atoms with Crippen molar-refractivity contribution >= 4 is 47.8 Å². The van der Waals surface area contributed by atoms with Gasteiger partial charge < -0.3 is 5.11 Å². The normalized spacial score (nSPS) is 11.5. The lowest BCUT2D eigenvalue weighted by Gasteiger charge is -2.11. The maximum Gasteiger partial charge on any atom is 0.159 e. The van der Waals surface area contributed by atoms with E-state index in [0.29, 0.717) is 0 Å². The van der Waals surface area contributed by atoms with Crippen LogP contribution in [0, 0.1) is 0 Å². The second-order valence-corrected chi connectivity index (χ2v) is 8.81. The zero-order valence-corrected chi connectivity index (χ0v) is 10.1. The highest BCUT2D eigenvalue weighted by Gasteiger charge is 2.19. The summed E-state index contributed by atoms with van der Waals surface area (Å²) >= 11 is 10.1. The molecule has 0 unspecified atom stereocenters. The van der Waals surface area contributed by atoms with Crippen molar-refractivity contribution in [3.8, 4) is 5.75 Å². The first-order valence-electron chi connectivity index (χ1n) is 2.86. The molecule has 0 aromatic heterocycles. The summed E-state index contributed by atoms with van der Waals surface area (Å²) in [5.74, 6) is 0.269. The van der Waals surface area contributed by atoms with Crippen LogP contribution in [0.1, 0.15) is 5.56 Å². The zero-order valence-electron chi connectivity index (χ0n) is 5.39. The zero-order chi connectivity index (χ0) is 8.48. The Labute approximate surface area is 90.2 Å². The van der Waals surface area contributed by atoms with Crippen molar-refractivity contribution in [2.75, 3.05) is 0 Å². The average molecular weight is 345 g/mol. The fourth-order valence-electron chi connectivity index (χ4n) is 0.650. The Balaban J connectivity index is 2.99. The number of rotatable bonds is 0. The van der Waals surface area contributed by atoms with E-state index >= 15 is 0 Å². The van der Waals surface area contributed by atoms with Crippen LogP contribution in [0.5, 0.6) is 5.75 Å². The Morgan fingerprint density at radius 1 is 1.00 bits per heavy atom. The molecule has 0 aliphatic carbocycles. The second-order valence-electron chi connectivity index (χ2n) is 2.04. The quantitative estimate of drug-likeness (QED) is 0.712. The van der Waals surface area contributed by atoms with Gasteiger partial charge in [-0.1, -0.05) is 59.9 Å². The van der Waals surface area contributed by atoms with E-state index in [4.69, 9.17) is 5.11 Å². The third kappa shape index (κ3) is 2.76. The predicted octanol–water partition coefficient (Wildman–Crippen LogP) is 3.69. The fraction of sp³-hybridized carbons (Fsp3) is 0.143. The highest BCUT2D eigenvalue weighted by Crippen LogP contribution is 2.44. The average Bonchev–Trinajstić information content (AvgIpc) is 1.86. The summed E-state index contributed by atoms with van der Waals surface area (Å²) in [6, 6.07) is 6.89. The van der Waals surface area contributed by atoms with Crippen LogP contribution in [0.3, 0.4) is 0 Å². The number of hydrogen-bond acceptors (Lipinski definition) is 1. The smallest absolute Gasteiger partial charge is 0.159 e. The molecular weight excluding hydrogens is 340 g/mol. The molecule has 0 spiro atoms. The van der Waals surface area contributed by atoms with Crippen molar-refractivity contribution in [1.29, 1.82) is 0 Å². The van der Waals surface area contributed by atoms with Gasteiger partial charge in [-0.25, -0.2) is 0 Å². The van der Waals surface area contributed by atoms with Crippen molar-refractivity contribution in [2.45, 2.75) is 2.14 Å². The van der Waals surface area contributed by atoms with Crippen molar-refractivity contribution in [3.05, 3.63) is 29.8 Å². The van der Waals surface area contributed by atoms with Crippen LogP contribution in [0.15, 0.2) is 24.3 Å². The molecule has 0 aliphatic rings. The van der Waals surface area contributed by atoms with E-state index in [1.54, 1.807) is 12.1 Å². The van der Waals surface area contributed by atoms with E-state index in [9.17, 15) is 0 Å². The first-order chi connectivity index (χ1) is 5.00. The minimum atomic E-state index is -0.388. The van der Waals surface area contributed by atoms with E-state index < -0.39 is 0 Å². The van der Waals surface area contributed by atoms with E-state index in [1.807, 2.05) is 12.1 Å². The molecule has 4 heteroatoms. The van der Waals surface area contributed by atoms with Gasteiger partial charge in [-0.15, -0.1) is 0 Å². The van der Waals surface area contributed by atoms with Crippen molar-refractivity contribution < 1.29 is 5.11 Å². The maximum atomic E-state index is 8.98. The molecule has 0 amide bonds. The van der Waals surface area contributed by atoms with Gasteiger partial charge in [-0.05, 0) is 17.7 Å². The first kappa shape index (κ1) is 9.55. The Morgan fingerprint density at radius 2 is 1.45 bits per heavy atom.